The van der Waals surface area contributed by atoms with E-state index in [1.54, 1.807) is 24.5 Å². The quantitative estimate of drug-likeness (QED) is 0.426. The maximum absolute atomic E-state index is 14.5. The van der Waals surface area contributed by atoms with Crippen molar-refractivity contribution in [3.8, 4) is 5.75 Å². The molecule has 0 radical (unpaired) electrons. The topological polar surface area (TPSA) is 145 Å². The van der Waals surface area contributed by atoms with Gasteiger partial charge in [-0.15, -0.1) is 0 Å². The van der Waals surface area contributed by atoms with Crippen LogP contribution in [-0.4, -0.2) is 44.3 Å². The van der Waals surface area contributed by atoms with Gasteiger partial charge >= 0.3 is 0 Å². The van der Waals surface area contributed by atoms with Crippen molar-refractivity contribution in [3.63, 3.8) is 0 Å². The Morgan fingerprint density at radius 3 is 2.61 bits per heavy atom. The normalized spacial score (nSPS) is 18.8. The van der Waals surface area contributed by atoms with Gasteiger partial charge in [-0.05, 0) is 36.5 Å². The monoisotopic (exact) mass is 425 g/mol. The van der Waals surface area contributed by atoms with Crippen molar-refractivity contribution in [2.75, 3.05) is 29.9 Å². The number of benzene rings is 1. The lowest BCUT2D eigenvalue weighted by atomic mass is 9.70. The van der Waals surface area contributed by atoms with E-state index in [1.807, 2.05) is 6.07 Å². The number of nitrogens with one attached hydrogen (secondary N) is 1. The molecule has 1 aliphatic carbocycles. The summed E-state index contributed by atoms with van der Waals surface area (Å²) in [6.07, 6.45) is 5.50. The second-order valence-electron chi connectivity index (χ2n) is 7.60. The number of anilines is 3. The van der Waals surface area contributed by atoms with Crippen LogP contribution in [0.2, 0.25) is 0 Å². The first-order chi connectivity index (χ1) is 15.0. The molecule has 0 spiro atoms. The van der Waals surface area contributed by atoms with Crippen molar-refractivity contribution in [3.05, 3.63) is 60.1 Å². The first-order valence-corrected chi connectivity index (χ1v) is 9.97. The first-order valence-electron chi connectivity index (χ1n) is 9.97. The number of nitrogen functional groups attached to an aromatic ring is 2. The molecule has 1 atom stereocenters. The van der Waals surface area contributed by atoms with Crippen LogP contribution in [0.1, 0.15) is 35.9 Å². The third kappa shape index (κ3) is 5.15. The van der Waals surface area contributed by atoms with Crippen LogP contribution < -0.4 is 21.5 Å². The van der Waals surface area contributed by atoms with E-state index in [0.717, 1.165) is 24.1 Å². The molecule has 31 heavy (non-hydrogen) atoms. The number of aromatic nitrogens is 4. The minimum absolute atomic E-state index is 0.0643. The van der Waals surface area contributed by atoms with Crippen LogP contribution in [0.25, 0.3) is 0 Å². The van der Waals surface area contributed by atoms with Crippen LogP contribution in [0.5, 0.6) is 5.75 Å². The van der Waals surface area contributed by atoms with Gasteiger partial charge in [0.2, 0.25) is 0 Å². The zero-order chi connectivity index (χ0) is 21.8. The molecule has 0 bridgehead atoms. The molecule has 4 rings (SSSR count). The molecular weight excluding hydrogens is 401 g/mol. The molecule has 3 aromatic rings. The summed E-state index contributed by atoms with van der Waals surface area (Å²) in [6.45, 7) is 0.110. The number of nitrogens with zero attached hydrogens (tertiary/aromatic N) is 4. The second kappa shape index (κ2) is 9.09. The Kier molecular flexibility index (Phi) is 6.08. The average Bonchev–Trinajstić information content (AvgIpc) is 2.72. The lowest BCUT2D eigenvalue weighted by molar-refractivity contribution is 0.115. The number of nitrogens with two attached hydrogens (primary N) is 2. The smallest absolute Gasteiger partial charge is 0.165 e. The Morgan fingerprint density at radius 1 is 1.06 bits per heavy atom. The lowest BCUT2D eigenvalue weighted by Gasteiger charge is -2.35. The summed E-state index contributed by atoms with van der Waals surface area (Å²) in [4.78, 5) is 16.2. The Morgan fingerprint density at radius 2 is 1.90 bits per heavy atom. The predicted molar refractivity (Wildman–Crippen MR) is 114 cm³/mol. The van der Waals surface area contributed by atoms with E-state index in [-0.39, 0.29) is 24.8 Å². The van der Waals surface area contributed by atoms with Gasteiger partial charge in [-0.1, -0.05) is 6.07 Å². The number of aliphatic hydroxyl groups is 1. The highest BCUT2D eigenvalue weighted by Crippen LogP contribution is 2.47. The second-order valence-corrected chi connectivity index (χ2v) is 7.60. The molecule has 1 fully saturated rings. The SMILES string of the molecule is Nc1cnc(C2CC(c3ccc(OCC(O)CNc4cc(N)ncn4)c(F)c3)C2)cn1. The van der Waals surface area contributed by atoms with Gasteiger partial charge in [0.15, 0.2) is 11.6 Å². The molecule has 1 aromatic carbocycles. The minimum atomic E-state index is -0.858. The van der Waals surface area contributed by atoms with Crippen molar-refractivity contribution in [2.24, 2.45) is 0 Å². The third-order valence-electron chi connectivity index (χ3n) is 5.31. The molecule has 1 unspecified atom stereocenters. The van der Waals surface area contributed by atoms with E-state index < -0.39 is 11.9 Å². The minimum Gasteiger partial charge on any atom is -0.488 e. The van der Waals surface area contributed by atoms with Crippen LogP contribution in [0.4, 0.5) is 21.8 Å². The molecule has 162 valence electrons. The summed E-state index contributed by atoms with van der Waals surface area (Å²) in [7, 11) is 0. The molecule has 6 N–H and O–H groups in total. The fourth-order valence-electron chi connectivity index (χ4n) is 3.51. The van der Waals surface area contributed by atoms with E-state index in [9.17, 15) is 9.50 Å². The van der Waals surface area contributed by atoms with Crippen LogP contribution in [0.15, 0.2) is 43.0 Å². The van der Waals surface area contributed by atoms with Gasteiger partial charge in [0.05, 0.1) is 18.1 Å². The van der Waals surface area contributed by atoms with Crippen molar-refractivity contribution in [2.45, 2.75) is 30.8 Å². The molecular formula is C21H24FN7O2. The predicted octanol–water partition coefficient (Wildman–Crippen LogP) is 2.08. The fourth-order valence-corrected chi connectivity index (χ4v) is 3.51. The van der Waals surface area contributed by atoms with Gasteiger partial charge in [0, 0.05) is 18.5 Å². The highest BCUT2D eigenvalue weighted by molar-refractivity contribution is 5.43. The summed E-state index contributed by atoms with van der Waals surface area (Å²) in [6, 6.07) is 6.52. The van der Waals surface area contributed by atoms with E-state index in [4.69, 9.17) is 16.2 Å². The zero-order valence-electron chi connectivity index (χ0n) is 16.8. The number of halogens is 1. The van der Waals surface area contributed by atoms with Crippen LogP contribution in [0.3, 0.4) is 0 Å². The average molecular weight is 425 g/mol. The molecule has 1 saturated carbocycles. The molecule has 9 nitrogen and oxygen atoms in total. The van der Waals surface area contributed by atoms with E-state index in [0.29, 0.717) is 23.4 Å². The summed E-state index contributed by atoms with van der Waals surface area (Å²) >= 11 is 0. The number of aliphatic hydroxyl groups excluding tert-OH is 1. The highest BCUT2D eigenvalue weighted by Gasteiger charge is 2.33. The molecule has 1 aliphatic rings. The van der Waals surface area contributed by atoms with Gasteiger partial charge in [-0.25, -0.2) is 19.3 Å². The number of ether oxygens (including phenoxy) is 1. The summed E-state index contributed by atoms with van der Waals surface area (Å²) in [5, 5.41) is 13.0. The van der Waals surface area contributed by atoms with Gasteiger partial charge in [-0.2, -0.15) is 0 Å². The summed E-state index contributed by atoms with van der Waals surface area (Å²) < 4.78 is 19.9. The van der Waals surface area contributed by atoms with Crippen molar-refractivity contribution in [1.29, 1.82) is 0 Å². The lowest BCUT2D eigenvalue weighted by Crippen LogP contribution is -2.27. The van der Waals surface area contributed by atoms with Gasteiger partial charge in [0.25, 0.3) is 0 Å². The maximum atomic E-state index is 14.5. The Bertz CT molecular complexity index is 1030. The summed E-state index contributed by atoms with van der Waals surface area (Å²) in [5.41, 5.74) is 13.0. The Hall–Kier alpha value is -3.53. The standard InChI is InChI=1S/C21H24FN7O2/c22-16-5-12(13-3-14(4-13)17-8-26-20(24)9-25-17)1-2-18(16)31-10-15(30)7-27-21-6-19(23)28-11-29-21/h1-2,5-6,8-9,11,13-15,30H,3-4,7,10H2,(H2,24,26)(H3,23,27,28,29). The van der Waals surface area contributed by atoms with E-state index >= 15 is 0 Å². The number of hydrogen-bond donors (Lipinski definition) is 4. The van der Waals surface area contributed by atoms with Crippen molar-refractivity contribution >= 4 is 17.5 Å². The zero-order valence-corrected chi connectivity index (χ0v) is 16.8. The highest BCUT2D eigenvalue weighted by atomic mass is 19.1. The van der Waals surface area contributed by atoms with Gasteiger partial charge in [-0.3, -0.25) is 4.98 Å². The molecule has 2 heterocycles. The fraction of sp³-hybridized carbons (Fsp3) is 0.333. The van der Waals surface area contributed by atoms with Crippen molar-refractivity contribution < 1.29 is 14.2 Å². The molecule has 0 saturated heterocycles. The van der Waals surface area contributed by atoms with E-state index in [2.05, 4.69) is 25.3 Å². The summed E-state index contributed by atoms with van der Waals surface area (Å²) in [5.74, 6) is 1.45. The Labute approximate surface area is 178 Å². The number of rotatable bonds is 8. The molecule has 0 amide bonds. The van der Waals surface area contributed by atoms with Crippen LogP contribution in [0, 0.1) is 5.82 Å². The Balaban J connectivity index is 1.25. The van der Waals surface area contributed by atoms with Gasteiger partial charge < -0.3 is 26.6 Å². The van der Waals surface area contributed by atoms with Gasteiger partial charge in [0.1, 0.15) is 36.5 Å². The largest absolute Gasteiger partial charge is 0.488 e. The van der Waals surface area contributed by atoms with E-state index in [1.165, 1.54) is 12.4 Å². The maximum Gasteiger partial charge on any atom is 0.165 e. The number of hydrogen-bond acceptors (Lipinski definition) is 9. The molecule has 2 aromatic heterocycles. The molecule has 0 aliphatic heterocycles. The van der Waals surface area contributed by atoms with Crippen LogP contribution in [-0.2, 0) is 0 Å². The van der Waals surface area contributed by atoms with Crippen LogP contribution >= 0.6 is 0 Å². The first kappa shape index (κ1) is 20.7. The van der Waals surface area contributed by atoms with Crippen molar-refractivity contribution in [1.82, 2.24) is 19.9 Å². The third-order valence-corrected chi connectivity index (χ3v) is 5.31. The molecule has 10 heteroatoms.